The molecule has 0 aliphatic heterocycles. The summed E-state index contributed by atoms with van der Waals surface area (Å²) < 4.78 is 37.6. The first-order valence-electron chi connectivity index (χ1n) is 17.6. The maximum atomic E-state index is 12.7. The lowest BCUT2D eigenvalue weighted by molar-refractivity contribution is -0.153. The quantitative estimate of drug-likeness (QED) is 0.0286. The van der Waals surface area contributed by atoms with Crippen LogP contribution in [0, 0.1) is 0 Å². The van der Waals surface area contributed by atoms with E-state index in [1.165, 1.54) is 0 Å². The Bertz CT molecular complexity index is 1480. The SMILES string of the molecule is C=CC(=O)OCC(CCCCCCOc1ccc(OC(=O)c2ccc(OCCCCCCC(COC(=O)C=C)OC(=O)C=C)cc2)cc1)OC(=O)C=C. The summed E-state index contributed by atoms with van der Waals surface area (Å²) in [4.78, 5) is 58.4. The molecule has 0 spiro atoms. The number of carbonyl (C=O) groups is 5. The van der Waals surface area contributed by atoms with Gasteiger partial charge in [0, 0.05) is 24.3 Å². The second-order valence-corrected chi connectivity index (χ2v) is 11.7. The highest BCUT2D eigenvalue weighted by molar-refractivity contribution is 5.91. The molecule has 0 heterocycles. The molecule has 0 saturated carbocycles. The predicted octanol–water partition coefficient (Wildman–Crippen LogP) is 7.22. The second kappa shape index (κ2) is 26.2. The van der Waals surface area contributed by atoms with Gasteiger partial charge in [-0.05, 0) is 87.1 Å². The highest BCUT2D eigenvalue weighted by atomic mass is 16.6. The number of hydrogen-bond donors (Lipinski definition) is 0. The van der Waals surface area contributed by atoms with Crippen molar-refractivity contribution >= 4 is 29.8 Å². The van der Waals surface area contributed by atoms with Gasteiger partial charge in [0.2, 0.25) is 0 Å². The Morgan fingerprint density at radius 1 is 0.491 bits per heavy atom. The van der Waals surface area contributed by atoms with Gasteiger partial charge in [0.15, 0.2) is 0 Å². The molecule has 12 heteroatoms. The summed E-state index contributed by atoms with van der Waals surface area (Å²) in [7, 11) is 0. The molecule has 0 N–H and O–H groups in total. The average molecular weight is 735 g/mol. The zero-order chi connectivity index (χ0) is 38.7. The summed E-state index contributed by atoms with van der Waals surface area (Å²) in [6, 6.07) is 13.5. The van der Waals surface area contributed by atoms with Crippen molar-refractivity contribution in [2.75, 3.05) is 26.4 Å². The zero-order valence-electron chi connectivity index (χ0n) is 30.2. The van der Waals surface area contributed by atoms with E-state index in [9.17, 15) is 24.0 Å². The normalized spacial score (nSPS) is 11.5. The molecule has 2 rings (SSSR count). The molecule has 53 heavy (non-hydrogen) atoms. The van der Waals surface area contributed by atoms with Gasteiger partial charge in [-0.2, -0.15) is 0 Å². The van der Waals surface area contributed by atoms with Crippen LogP contribution in [-0.2, 0) is 38.1 Å². The topological polar surface area (TPSA) is 150 Å². The maximum absolute atomic E-state index is 12.7. The fourth-order valence-corrected chi connectivity index (χ4v) is 4.74. The Kier molecular flexibility index (Phi) is 21.5. The summed E-state index contributed by atoms with van der Waals surface area (Å²) >= 11 is 0. The van der Waals surface area contributed by atoms with E-state index in [0.717, 1.165) is 75.7 Å². The van der Waals surface area contributed by atoms with Crippen molar-refractivity contribution in [3.8, 4) is 17.2 Å². The smallest absolute Gasteiger partial charge is 0.343 e. The van der Waals surface area contributed by atoms with Crippen LogP contribution in [0.3, 0.4) is 0 Å². The van der Waals surface area contributed by atoms with E-state index in [4.69, 9.17) is 33.2 Å². The number of benzene rings is 2. The van der Waals surface area contributed by atoms with Crippen molar-refractivity contribution in [1.29, 1.82) is 0 Å². The average Bonchev–Trinajstić information content (AvgIpc) is 3.18. The number of hydrogen-bond acceptors (Lipinski definition) is 12. The standard InChI is InChI=1S/C41H50O12/c1-5-37(42)49-29-35(51-39(44)7-3)17-13-9-11-15-27-47-32-21-19-31(20-22-32)41(46)53-34-25-23-33(24-26-34)48-28-16-12-10-14-18-36(52-40(45)8-4)30-50-38(43)6-2/h5-8,19-26,35-36H,1-4,9-18,27-30H2. The number of esters is 5. The third-order valence-corrected chi connectivity index (χ3v) is 7.56. The summed E-state index contributed by atoms with van der Waals surface area (Å²) in [6.07, 6.45) is 11.0. The summed E-state index contributed by atoms with van der Waals surface area (Å²) in [5.74, 6) is -1.11. The number of unbranched alkanes of at least 4 members (excludes halogenated alkanes) is 6. The van der Waals surface area contributed by atoms with Crippen LogP contribution in [0.25, 0.3) is 0 Å². The molecule has 2 unspecified atom stereocenters. The summed E-state index contributed by atoms with van der Waals surface area (Å²) in [5.41, 5.74) is 0.381. The van der Waals surface area contributed by atoms with E-state index < -0.39 is 42.1 Å². The predicted molar refractivity (Wildman–Crippen MR) is 197 cm³/mol. The van der Waals surface area contributed by atoms with Gasteiger partial charge in [-0.1, -0.05) is 52.0 Å². The third kappa shape index (κ3) is 19.5. The molecule has 2 atom stereocenters. The molecule has 0 aromatic heterocycles. The van der Waals surface area contributed by atoms with Gasteiger partial charge in [-0.3, -0.25) is 0 Å². The largest absolute Gasteiger partial charge is 0.494 e. The fraction of sp³-hybridized carbons (Fsp3) is 0.390. The van der Waals surface area contributed by atoms with E-state index >= 15 is 0 Å². The van der Waals surface area contributed by atoms with Crippen molar-refractivity contribution in [3.05, 3.63) is 105 Å². The van der Waals surface area contributed by atoms with Crippen molar-refractivity contribution in [2.45, 2.75) is 76.4 Å². The first-order valence-corrected chi connectivity index (χ1v) is 17.6. The highest BCUT2D eigenvalue weighted by Gasteiger charge is 2.16. The molecule has 2 aromatic rings. The Balaban J connectivity index is 1.62. The van der Waals surface area contributed by atoms with E-state index in [1.54, 1.807) is 48.5 Å². The molecule has 0 aliphatic carbocycles. The molecule has 0 radical (unpaired) electrons. The number of rotatable bonds is 28. The minimum atomic E-state index is -0.575. The van der Waals surface area contributed by atoms with Crippen molar-refractivity contribution in [1.82, 2.24) is 0 Å². The molecule has 0 aliphatic rings. The monoisotopic (exact) mass is 734 g/mol. The van der Waals surface area contributed by atoms with Crippen molar-refractivity contribution < 1.29 is 57.1 Å². The van der Waals surface area contributed by atoms with E-state index in [2.05, 4.69) is 26.3 Å². The van der Waals surface area contributed by atoms with Crippen molar-refractivity contribution in [3.63, 3.8) is 0 Å². The third-order valence-electron chi connectivity index (χ3n) is 7.56. The van der Waals surface area contributed by atoms with Crippen LogP contribution >= 0.6 is 0 Å². The molecular formula is C41H50O12. The first kappa shape index (κ1) is 43.5. The Labute approximate surface area is 311 Å². The first-order chi connectivity index (χ1) is 25.7. The lowest BCUT2D eigenvalue weighted by atomic mass is 10.1. The minimum Gasteiger partial charge on any atom is -0.494 e. The number of carbonyl (C=O) groups excluding carboxylic acids is 5. The van der Waals surface area contributed by atoms with Gasteiger partial charge in [-0.15, -0.1) is 0 Å². The summed E-state index contributed by atoms with van der Waals surface area (Å²) in [6.45, 7) is 14.4. The van der Waals surface area contributed by atoms with Gasteiger partial charge in [-0.25, -0.2) is 24.0 Å². The number of ether oxygens (including phenoxy) is 7. The van der Waals surface area contributed by atoms with E-state index in [0.29, 0.717) is 48.9 Å². The Morgan fingerprint density at radius 2 is 0.868 bits per heavy atom. The van der Waals surface area contributed by atoms with Gasteiger partial charge < -0.3 is 33.2 Å². The van der Waals surface area contributed by atoms with Gasteiger partial charge in [0.05, 0.1) is 18.8 Å². The van der Waals surface area contributed by atoms with Crippen LogP contribution in [0.2, 0.25) is 0 Å². The van der Waals surface area contributed by atoms with E-state index in [1.807, 2.05) is 0 Å². The van der Waals surface area contributed by atoms with Crippen LogP contribution < -0.4 is 14.2 Å². The molecule has 12 nitrogen and oxygen atoms in total. The maximum Gasteiger partial charge on any atom is 0.343 e. The Hall–Kier alpha value is -5.65. The van der Waals surface area contributed by atoms with Crippen LogP contribution in [0.4, 0.5) is 0 Å². The molecule has 286 valence electrons. The van der Waals surface area contributed by atoms with Gasteiger partial charge in [0.25, 0.3) is 0 Å². The molecular weight excluding hydrogens is 684 g/mol. The molecule has 0 amide bonds. The second-order valence-electron chi connectivity index (χ2n) is 11.7. The molecule has 2 aromatic carbocycles. The Morgan fingerprint density at radius 3 is 1.28 bits per heavy atom. The van der Waals surface area contributed by atoms with Crippen LogP contribution in [0.15, 0.2) is 99.2 Å². The molecule has 0 bridgehead atoms. The summed E-state index contributed by atoms with van der Waals surface area (Å²) in [5, 5.41) is 0. The molecule has 0 fully saturated rings. The van der Waals surface area contributed by atoms with Crippen LogP contribution in [0.1, 0.15) is 74.6 Å². The van der Waals surface area contributed by atoms with Crippen LogP contribution in [0.5, 0.6) is 17.2 Å². The fourth-order valence-electron chi connectivity index (χ4n) is 4.74. The lowest BCUT2D eigenvalue weighted by Gasteiger charge is -2.16. The van der Waals surface area contributed by atoms with Gasteiger partial charge >= 0.3 is 29.8 Å². The zero-order valence-corrected chi connectivity index (χ0v) is 30.2. The van der Waals surface area contributed by atoms with Crippen molar-refractivity contribution in [2.24, 2.45) is 0 Å². The lowest BCUT2D eigenvalue weighted by Crippen LogP contribution is -2.24. The van der Waals surface area contributed by atoms with Crippen LogP contribution in [-0.4, -0.2) is 68.5 Å². The minimum absolute atomic E-state index is 0.0348. The molecule has 0 saturated heterocycles. The van der Waals surface area contributed by atoms with Gasteiger partial charge in [0.1, 0.15) is 42.7 Å². The highest BCUT2D eigenvalue weighted by Crippen LogP contribution is 2.21. The van der Waals surface area contributed by atoms with E-state index in [-0.39, 0.29) is 13.2 Å².